The number of anilines is 1. The van der Waals surface area contributed by atoms with Gasteiger partial charge in [0.05, 0.1) is 16.6 Å². The number of amides is 1. The summed E-state index contributed by atoms with van der Waals surface area (Å²) >= 11 is 3.33. The summed E-state index contributed by atoms with van der Waals surface area (Å²) in [7, 11) is 0. The summed E-state index contributed by atoms with van der Waals surface area (Å²) in [6.07, 6.45) is 8.29. The quantitative estimate of drug-likeness (QED) is 0.846. The number of hydrogen-bond donors (Lipinski definition) is 2. The first-order chi connectivity index (χ1) is 10.0. The van der Waals surface area contributed by atoms with Crippen LogP contribution in [-0.2, 0) is 9.59 Å². The molecule has 5 nitrogen and oxygen atoms in total. The number of carbonyl (C=O) groups excluding carboxylic acids is 1. The zero-order valence-corrected chi connectivity index (χ0v) is 13.4. The summed E-state index contributed by atoms with van der Waals surface area (Å²) in [5.41, 5.74) is 0.268. The van der Waals surface area contributed by atoms with Crippen LogP contribution in [0.4, 0.5) is 5.69 Å². The van der Waals surface area contributed by atoms with E-state index in [-0.39, 0.29) is 18.7 Å². The van der Waals surface area contributed by atoms with E-state index in [4.69, 9.17) is 5.11 Å². The second-order valence-corrected chi connectivity index (χ2v) is 6.57. The van der Waals surface area contributed by atoms with Gasteiger partial charge in [-0.3, -0.25) is 14.6 Å². The molecule has 0 unspecified atom stereocenters. The molecular weight excluding hydrogens is 336 g/mol. The number of rotatable bonds is 5. The van der Waals surface area contributed by atoms with E-state index >= 15 is 0 Å². The second-order valence-electron chi connectivity index (χ2n) is 5.71. The van der Waals surface area contributed by atoms with Gasteiger partial charge in [-0.25, -0.2) is 0 Å². The first kappa shape index (κ1) is 15.9. The predicted molar refractivity (Wildman–Crippen MR) is 83.0 cm³/mol. The molecule has 2 N–H and O–H groups in total. The van der Waals surface area contributed by atoms with Crippen LogP contribution in [-0.4, -0.2) is 22.0 Å². The fourth-order valence-electron chi connectivity index (χ4n) is 3.05. The average Bonchev–Trinajstić information content (AvgIpc) is 2.41. The van der Waals surface area contributed by atoms with Gasteiger partial charge in [-0.2, -0.15) is 0 Å². The molecule has 0 spiro atoms. The minimum atomic E-state index is -0.824. The van der Waals surface area contributed by atoms with Crippen LogP contribution in [0, 0.1) is 5.41 Å². The average molecular weight is 355 g/mol. The number of nitrogens with one attached hydrogen (secondary N) is 1. The molecule has 1 amide bonds. The molecule has 1 aromatic rings. The smallest absolute Gasteiger partial charge is 0.303 e. The topological polar surface area (TPSA) is 79.3 Å². The SMILES string of the molecule is O=C(O)CC1(CC(=O)Nc2ccncc2Br)CCCCC1. The Morgan fingerprint density at radius 2 is 2.00 bits per heavy atom. The Morgan fingerprint density at radius 1 is 1.29 bits per heavy atom. The Morgan fingerprint density at radius 3 is 2.62 bits per heavy atom. The Labute approximate surface area is 132 Å². The highest BCUT2D eigenvalue weighted by Gasteiger charge is 2.36. The fraction of sp³-hybridized carbons (Fsp3) is 0.533. The summed E-state index contributed by atoms with van der Waals surface area (Å²) in [5.74, 6) is -0.958. The van der Waals surface area contributed by atoms with E-state index < -0.39 is 11.4 Å². The van der Waals surface area contributed by atoms with Crippen molar-refractivity contribution in [3.8, 4) is 0 Å². The number of carboxylic acids is 1. The maximum atomic E-state index is 12.3. The standard InChI is InChI=1S/C15H19BrN2O3/c16-11-10-17-7-4-12(11)18-13(19)8-15(9-14(20)21)5-2-1-3-6-15/h4,7,10H,1-3,5-6,8-9H2,(H,20,21)(H,17,18,19). The summed E-state index contributed by atoms with van der Waals surface area (Å²) in [5, 5.41) is 12.0. The summed E-state index contributed by atoms with van der Waals surface area (Å²) < 4.78 is 0.717. The third kappa shape index (κ3) is 4.52. The summed E-state index contributed by atoms with van der Waals surface area (Å²) in [4.78, 5) is 27.3. The Hall–Kier alpha value is -1.43. The number of carboxylic acid groups (broad SMARTS) is 1. The van der Waals surface area contributed by atoms with Gasteiger partial charge in [-0.15, -0.1) is 0 Å². The third-order valence-electron chi connectivity index (χ3n) is 4.02. The van der Waals surface area contributed by atoms with Crippen molar-refractivity contribution in [2.24, 2.45) is 5.41 Å². The van der Waals surface area contributed by atoms with Crippen LogP contribution in [0.2, 0.25) is 0 Å². The van der Waals surface area contributed by atoms with Crippen molar-refractivity contribution in [2.45, 2.75) is 44.9 Å². The maximum Gasteiger partial charge on any atom is 0.303 e. The Kier molecular flexibility index (Phi) is 5.33. The molecule has 1 aliphatic rings. The summed E-state index contributed by atoms with van der Waals surface area (Å²) in [6.45, 7) is 0. The van der Waals surface area contributed by atoms with Crippen LogP contribution < -0.4 is 5.32 Å². The predicted octanol–water partition coefficient (Wildman–Crippen LogP) is 3.60. The molecule has 0 saturated heterocycles. The molecule has 1 aromatic heterocycles. The monoisotopic (exact) mass is 354 g/mol. The van der Waals surface area contributed by atoms with Gasteiger partial charge in [0.25, 0.3) is 0 Å². The molecule has 0 radical (unpaired) electrons. The molecular formula is C15H19BrN2O3. The molecule has 21 heavy (non-hydrogen) atoms. The van der Waals surface area contributed by atoms with E-state index in [1.165, 1.54) is 0 Å². The molecule has 0 bridgehead atoms. The Balaban J connectivity index is 2.04. The molecule has 1 heterocycles. The summed E-state index contributed by atoms with van der Waals surface area (Å²) in [6, 6.07) is 1.72. The highest BCUT2D eigenvalue weighted by atomic mass is 79.9. The molecule has 0 aliphatic heterocycles. The number of hydrogen-bond acceptors (Lipinski definition) is 3. The number of aromatic nitrogens is 1. The normalized spacial score (nSPS) is 17.2. The molecule has 114 valence electrons. The Bertz CT molecular complexity index is 527. The van der Waals surface area contributed by atoms with Crippen LogP contribution in [0.15, 0.2) is 22.9 Å². The zero-order valence-electron chi connectivity index (χ0n) is 11.8. The lowest BCUT2D eigenvalue weighted by Gasteiger charge is -2.35. The van der Waals surface area contributed by atoms with Crippen molar-refractivity contribution >= 4 is 33.5 Å². The molecule has 0 atom stereocenters. The van der Waals surface area contributed by atoms with Crippen molar-refractivity contribution in [1.29, 1.82) is 0 Å². The lowest BCUT2D eigenvalue weighted by molar-refractivity contribution is -0.140. The first-order valence-electron chi connectivity index (χ1n) is 7.12. The lowest BCUT2D eigenvalue weighted by atomic mass is 9.69. The molecule has 0 aromatic carbocycles. The lowest BCUT2D eigenvalue weighted by Crippen LogP contribution is -2.32. The number of nitrogens with zero attached hydrogens (tertiary/aromatic N) is 1. The van der Waals surface area contributed by atoms with E-state index in [0.717, 1.165) is 32.1 Å². The molecule has 6 heteroatoms. The van der Waals surface area contributed by atoms with Gasteiger partial charge >= 0.3 is 5.97 Å². The van der Waals surface area contributed by atoms with Gasteiger partial charge in [0.15, 0.2) is 0 Å². The van der Waals surface area contributed by atoms with Gasteiger partial charge in [0.2, 0.25) is 5.91 Å². The number of carbonyl (C=O) groups is 2. The van der Waals surface area contributed by atoms with E-state index in [1.54, 1.807) is 18.5 Å². The van der Waals surface area contributed by atoms with Gasteiger partial charge in [-0.1, -0.05) is 19.3 Å². The zero-order chi connectivity index (χ0) is 15.3. The van der Waals surface area contributed by atoms with E-state index in [9.17, 15) is 9.59 Å². The van der Waals surface area contributed by atoms with Gasteiger partial charge in [0.1, 0.15) is 0 Å². The number of aliphatic carboxylic acids is 1. The second kappa shape index (κ2) is 7.02. The van der Waals surface area contributed by atoms with Crippen LogP contribution >= 0.6 is 15.9 Å². The van der Waals surface area contributed by atoms with Crippen molar-refractivity contribution < 1.29 is 14.7 Å². The molecule has 1 saturated carbocycles. The fourth-order valence-corrected chi connectivity index (χ4v) is 3.40. The van der Waals surface area contributed by atoms with Gasteiger partial charge < -0.3 is 10.4 Å². The van der Waals surface area contributed by atoms with Crippen LogP contribution in [0.1, 0.15) is 44.9 Å². The minimum absolute atomic E-state index is 0.0674. The van der Waals surface area contributed by atoms with E-state index in [1.807, 2.05) is 0 Å². The van der Waals surface area contributed by atoms with Crippen molar-refractivity contribution in [1.82, 2.24) is 4.98 Å². The largest absolute Gasteiger partial charge is 0.481 e. The maximum absolute atomic E-state index is 12.3. The van der Waals surface area contributed by atoms with Crippen molar-refractivity contribution in [3.63, 3.8) is 0 Å². The number of halogens is 1. The van der Waals surface area contributed by atoms with Crippen LogP contribution in [0.25, 0.3) is 0 Å². The number of pyridine rings is 1. The first-order valence-corrected chi connectivity index (χ1v) is 7.91. The van der Waals surface area contributed by atoms with E-state index in [0.29, 0.717) is 10.2 Å². The van der Waals surface area contributed by atoms with E-state index in [2.05, 4.69) is 26.2 Å². The highest BCUT2D eigenvalue weighted by molar-refractivity contribution is 9.10. The molecule has 2 rings (SSSR count). The third-order valence-corrected chi connectivity index (χ3v) is 4.65. The van der Waals surface area contributed by atoms with Crippen molar-refractivity contribution in [3.05, 3.63) is 22.9 Å². The molecule has 1 aliphatic carbocycles. The van der Waals surface area contributed by atoms with Crippen LogP contribution in [0.5, 0.6) is 0 Å². The van der Waals surface area contributed by atoms with Crippen LogP contribution in [0.3, 0.4) is 0 Å². The highest BCUT2D eigenvalue weighted by Crippen LogP contribution is 2.42. The van der Waals surface area contributed by atoms with Gasteiger partial charge in [-0.05, 0) is 40.3 Å². The van der Waals surface area contributed by atoms with Crippen molar-refractivity contribution in [2.75, 3.05) is 5.32 Å². The van der Waals surface area contributed by atoms with Gasteiger partial charge in [0, 0.05) is 18.8 Å². The minimum Gasteiger partial charge on any atom is -0.481 e. The molecule has 1 fully saturated rings.